The van der Waals surface area contributed by atoms with Crippen LogP contribution in [0.1, 0.15) is 75.7 Å². The van der Waals surface area contributed by atoms with Crippen LogP contribution in [0.3, 0.4) is 0 Å². The average Bonchev–Trinajstić information content (AvgIpc) is 3.57. The molecule has 4 rings (SSSR count). The topological polar surface area (TPSA) is 122 Å². The van der Waals surface area contributed by atoms with E-state index in [1.54, 1.807) is 4.90 Å². The van der Waals surface area contributed by atoms with Crippen LogP contribution in [0, 0.1) is 17.2 Å². The molecule has 9 nitrogen and oxygen atoms in total. The van der Waals surface area contributed by atoms with Gasteiger partial charge in [0.05, 0.1) is 12.7 Å². The van der Waals surface area contributed by atoms with Gasteiger partial charge in [0.2, 0.25) is 5.91 Å². The fourth-order valence-corrected chi connectivity index (χ4v) is 4.82. The van der Waals surface area contributed by atoms with Crippen LogP contribution in [-0.2, 0) is 4.79 Å². The first-order valence-electron chi connectivity index (χ1n) is 12.7. The highest BCUT2D eigenvalue weighted by Gasteiger charge is 2.32. The number of nitrogens with zero attached hydrogens (tertiary/aromatic N) is 5. The van der Waals surface area contributed by atoms with Gasteiger partial charge >= 0.3 is 6.01 Å². The summed E-state index contributed by atoms with van der Waals surface area (Å²) in [6.45, 7) is 7.27. The van der Waals surface area contributed by atoms with Gasteiger partial charge in [0.25, 0.3) is 0 Å². The maximum Gasteiger partial charge on any atom is 0.324 e. The number of amides is 1. The fraction of sp³-hybridized carbons (Fsp3) is 0.615. The Labute approximate surface area is 207 Å². The molecule has 0 radical (unpaired) electrons. The molecular formula is C26H36N6O3. The molecule has 1 aromatic heterocycles. The Hall–Kier alpha value is -3.12. The number of ether oxygens (including phenoxy) is 1. The van der Waals surface area contributed by atoms with Crippen molar-refractivity contribution in [3.63, 3.8) is 0 Å². The van der Waals surface area contributed by atoms with Crippen molar-refractivity contribution in [3.05, 3.63) is 35.7 Å². The zero-order valence-corrected chi connectivity index (χ0v) is 20.7. The number of nitriles is 1. The zero-order valence-electron chi connectivity index (χ0n) is 20.7. The zero-order chi connectivity index (χ0) is 24.8. The summed E-state index contributed by atoms with van der Waals surface area (Å²) in [7, 11) is 0. The van der Waals surface area contributed by atoms with Crippen LogP contribution in [0.4, 0.5) is 6.01 Å². The molecule has 35 heavy (non-hydrogen) atoms. The van der Waals surface area contributed by atoms with Crippen molar-refractivity contribution in [2.24, 2.45) is 11.7 Å². The van der Waals surface area contributed by atoms with E-state index in [2.05, 4.69) is 35.0 Å². The maximum atomic E-state index is 12.7. The molecule has 1 aromatic carbocycles. The van der Waals surface area contributed by atoms with Crippen molar-refractivity contribution in [2.45, 2.75) is 70.4 Å². The lowest BCUT2D eigenvalue weighted by atomic mass is 9.92. The number of rotatable bonds is 9. The van der Waals surface area contributed by atoms with Crippen molar-refractivity contribution >= 4 is 11.9 Å². The Morgan fingerprint density at radius 3 is 2.63 bits per heavy atom. The molecular weight excluding hydrogens is 444 g/mol. The van der Waals surface area contributed by atoms with Gasteiger partial charge in [-0.05, 0) is 62.1 Å². The van der Waals surface area contributed by atoms with E-state index in [0.29, 0.717) is 25.1 Å². The number of carbonyl (C=O) groups is 1. The predicted octanol–water partition coefficient (Wildman–Crippen LogP) is 3.78. The van der Waals surface area contributed by atoms with Crippen LogP contribution < -0.4 is 15.4 Å². The van der Waals surface area contributed by atoms with Gasteiger partial charge < -0.3 is 24.8 Å². The minimum atomic E-state index is -0.756. The van der Waals surface area contributed by atoms with E-state index in [9.17, 15) is 10.1 Å². The van der Waals surface area contributed by atoms with Crippen LogP contribution in [0.25, 0.3) is 0 Å². The SMILES string of the molecule is CC(C)c1noc(N2CCC(CCCOc3ccc([C@@H](N)C(=O)N4CCC[C@H]4C#N)cc3)CC2)n1. The summed E-state index contributed by atoms with van der Waals surface area (Å²) < 4.78 is 11.3. The second kappa shape index (κ2) is 11.5. The van der Waals surface area contributed by atoms with Crippen LogP contribution in [0.2, 0.25) is 0 Å². The van der Waals surface area contributed by atoms with Gasteiger partial charge in [-0.25, -0.2) is 0 Å². The number of likely N-dealkylation sites (tertiary alicyclic amines) is 1. The molecule has 0 spiro atoms. The summed E-state index contributed by atoms with van der Waals surface area (Å²) >= 11 is 0. The molecule has 3 heterocycles. The number of hydrogen-bond donors (Lipinski definition) is 1. The summed E-state index contributed by atoms with van der Waals surface area (Å²) in [5.74, 6) is 2.30. The number of nitrogens with two attached hydrogens (primary N) is 1. The van der Waals surface area contributed by atoms with Crippen molar-refractivity contribution in [2.75, 3.05) is 31.1 Å². The highest BCUT2D eigenvalue weighted by atomic mass is 16.5. The predicted molar refractivity (Wildman–Crippen MR) is 132 cm³/mol. The lowest BCUT2D eigenvalue weighted by molar-refractivity contribution is -0.132. The van der Waals surface area contributed by atoms with Crippen LogP contribution in [-0.4, -0.2) is 53.2 Å². The summed E-state index contributed by atoms with van der Waals surface area (Å²) in [5.41, 5.74) is 6.93. The summed E-state index contributed by atoms with van der Waals surface area (Å²) in [6.07, 6.45) is 5.92. The van der Waals surface area contributed by atoms with Gasteiger partial charge in [-0.2, -0.15) is 10.2 Å². The lowest BCUT2D eigenvalue weighted by Crippen LogP contribution is -2.40. The first-order chi connectivity index (χ1) is 17.0. The standard InChI is InChI=1S/C26H36N6O3/c1-18(2)24-29-26(35-30-24)31-14-11-19(12-15-31)5-4-16-34-22-9-7-20(8-10-22)23(28)25(33)32-13-3-6-21(32)17-27/h7-10,18-19,21,23H,3-6,11-16,28H2,1-2H3/t21-,23+/m0/s1. The fourth-order valence-electron chi connectivity index (χ4n) is 4.82. The molecule has 2 atom stereocenters. The van der Waals surface area contributed by atoms with Crippen molar-refractivity contribution in [1.82, 2.24) is 15.0 Å². The van der Waals surface area contributed by atoms with E-state index < -0.39 is 6.04 Å². The number of carbonyl (C=O) groups excluding carboxylic acids is 1. The molecule has 188 valence electrons. The van der Waals surface area contributed by atoms with Gasteiger partial charge in [0.1, 0.15) is 17.8 Å². The molecule has 2 aliphatic rings. The molecule has 2 aromatic rings. The highest BCUT2D eigenvalue weighted by Crippen LogP contribution is 2.27. The first-order valence-corrected chi connectivity index (χ1v) is 12.7. The molecule has 1 amide bonds. The Balaban J connectivity index is 1.16. The normalized spacial score (nSPS) is 19.7. The van der Waals surface area contributed by atoms with E-state index in [4.69, 9.17) is 15.0 Å². The molecule has 2 aliphatic heterocycles. The quantitative estimate of drug-likeness (QED) is 0.538. The van der Waals surface area contributed by atoms with Gasteiger partial charge in [0, 0.05) is 25.6 Å². The highest BCUT2D eigenvalue weighted by molar-refractivity contribution is 5.84. The number of aromatic nitrogens is 2. The third-order valence-electron chi connectivity index (χ3n) is 7.05. The number of benzene rings is 1. The molecule has 2 N–H and O–H groups in total. The van der Waals surface area contributed by atoms with Gasteiger partial charge in [-0.1, -0.05) is 31.1 Å². The van der Waals surface area contributed by atoms with E-state index in [1.807, 2.05) is 24.3 Å². The van der Waals surface area contributed by atoms with Crippen molar-refractivity contribution in [1.29, 1.82) is 5.26 Å². The molecule has 0 unspecified atom stereocenters. The van der Waals surface area contributed by atoms with Gasteiger partial charge in [-0.3, -0.25) is 4.79 Å². The second-order valence-electron chi connectivity index (χ2n) is 9.88. The Kier molecular flexibility index (Phi) is 8.24. The van der Waals surface area contributed by atoms with Crippen LogP contribution in [0.15, 0.2) is 28.8 Å². The lowest BCUT2D eigenvalue weighted by Gasteiger charge is -2.30. The summed E-state index contributed by atoms with van der Waals surface area (Å²) in [5, 5.41) is 13.3. The molecule has 0 aliphatic carbocycles. The second-order valence-corrected chi connectivity index (χ2v) is 9.88. The third kappa shape index (κ3) is 6.12. The van der Waals surface area contributed by atoms with Crippen LogP contribution in [0.5, 0.6) is 5.75 Å². The number of piperidine rings is 1. The van der Waals surface area contributed by atoms with E-state index in [0.717, 1.165) is 68.8 Å². The Bertz CT molecular complexity index is 1010. The minimum Gasteiger partial charge on any atom is -0.494 e. The number of anilines is 1. The van der Waals surface area contributed by atoms with Crippen molar-refractivity contribution in [3.8, 4) is 11.8 Å². The Morgan fingerprint density at radius 2 is 1.97 bits per heavy atom. The van der Waals surface area contributed by atoms with Crippen molar-refractivity contribution < 1.29 is 14.1 Å². The molecule has 9 heteroatoms. The van der Waals surface area contributed by atoms with E-state index in [-0.39, 0.29) is 17.9 Å². The summed E-state index contributed by atoms with van der Waals surface area (Å²) in [6, 6.07) is 9.13. The van der Waals surface area contributed by atoms with E-state index >= 15 is 0 Å². The average molecular weight is 481 g/mol. The minimum absolute atomic E-state index is 0.187. The number of hydrogen-bond acceptors (Lipinski definition) is 8. The van der Waals surface area contributed by atoms with Gasteiger partial charge in [-0.15, -0.1) is 0 Å². The third-order valence-corrected chi connectivity index (χ3v) is 7.05. The molecule has 0 saturated carbocycles. The smallest absolute Gasteiger partial charge is 0.324 e. The first kappa shape index (κ1) is 25.0. The van der Waals surface area contributed by atoms with Gasteiger partial charge in [0.15, 0.2) is 5.82 Å². The van der Waals surface area contributed by atoms with Crippen LogP contribution >= 0.6 is 0 Å². The summed E-state index contributed by atoms with van der Waals surface area (Å²) in [4.78, 5) is 21.0. The molecule has 0 bridgehead atoms. The van der Waals surface area contributed by atoms with E-state index in [1.165, 1.54) is 0 Å². The maximum absolute atomic E-state index is 12.7. The molecule has 2 saturated heterocycles. The Morgan fingerprint density at radius 1 is 1.23 bits per heavy atom. The molecule has 2 fully saturated rings. The monoisotopic (exact) mass is 480 g/mol. The largest absolute Gasteiger partial charge is 0.494 e.